The van der Waals surface area contributed by atoms with E-state index in [1.54, 1.807) is 60.7 Å². The quantitative estimate of drug-likeness (QED) is 0.388. The molecule has 1 fully saturated rings. The Balaban J connectivity index is 1.50. The van der Waals surface area contributed by atoms with Crippen molar-refractivity contribution in [2.24, 2.45) is 7.05 Å². The summed E-state index contributed by atoms with van der Waals surface area (Å²) in [6.07, 6.45) is 4.99. The molecular formula is C26H23ClF2N6O3. The van der Waals surface area contributed by atoms with Crippen molar-refractivity contribution < 1.29 is 18.4 Å². The average molecular weight is 541 g/mol. The van der Waals surface area contributed by atoms with E-state index in [0.29, 0.717) is 16.0 Å². The third-order valence-electron chi connectivity index (χ3n) is 6.41. The maximum absolute atomic E-state index is 14.0. The first-order chi connectivity index (χ1) is 18.2. The van der Waals surface area contributed by atoms with E-state index in [2.05, 4.69) is 15.4 Å². The van der Waals surface area contributed by atoms with Gasteiger partial charge in [0.2, 0.25) is 5.91 Å². The number of carbonyl (C=O) groups is 2. The predicted molar refractivity (Wildman–Crippen MR) is 137 cm³/mol. The number of pyridine rings is 2. The Kier molecular flexibility index (Phi) is 6.70. The van der Waals surface area contributed by atoms with Crippen molar-refractivity contribution in [1.82, 2.24) is 29.5 Å². The highest BCUT2D eigenvalue weighted by molar-refractivity contribution is 6.30. The van der Waals surface area contributed by atoms with Crippen LogP contribution >= 0.6 is 11.6 Å². The maximum Gasteiger partial charge on any atom is 0.265 e. The number of nitrogens with zero attached hydrogens (tertiary/aromatic N) is 5. The van der Waals surface area contributed by atoms with E-state index in [1.165, 1.54) is 6.07 Å². The molecule has 1 saturated heterocycles. The van der Waals surface area contributed by atoms with Gasteiger partial charge in [-0.15, -0.1) is 0 Å². The Bertz CT molecular complexity index is 1600. The number of benzene rings is 1. The first kappa shape index (κ1) is 25.5. The van der Waals surface area contributed by atoms with Crippen LogP contribution in [-0.2, 0) is 24.9 Å². The minimum Gasteiger partial charge on any atom is -0.348 e. The van der Waals surface area contributed by atoms with Crippen LogP contribution in [0.1, 0.15) is 15.9 Å². The van der Waals surface area contributed by atoms with Crippen molar-refractivity contribution >= 4 is 34.4 Å². The Morgan fingerprint density at radius 2 is 1.87 bits per heavy atom. The summed E-state index contributed by atoms with van der Waals surface area (Å²) >= 11 is 5.91. The summed E-state index contributed by atoms with van der Waals surface area (Å²) in [5.74, 6) is -1.21. The molecular weight excluding hydrogens is 518 g/mol. The van der Waals surface area contributed by atoms with Crippen LogP contribution in [0.25, 0.3) is 22.2 Å². The van der Waals surface area contributed by atoms with E-state index in [9.17, 15) is 23.2 Å². The summed E-state index contributed by atoms with van der Waals surface area (Å²) in [6, 6.07) is 10.1. The Morgan fingerprint density at radius 3 is 2.53 bits per heavy atom. The molecule has 1 aliphatic rings. The van der Waals surface area contributed by atoms with Crippen LogP contribution in [0, 0.1) is 0 Å². The summed E-state index contributed by atoms with van der Waals surface area (Å²) in [6.45, 7) is -2.31. The van der Waals surface area contributed by atoms with Crippen LogP contribution in [0.5, 0.6) is 0 Å². The van der Waals surface area contributed by atoms with Crippen molar-refractivity contribution in [3.8, 4) is 11.1 Å². The van der Waals surface area contributed by atoms with Crippen molar-refractivity contribution in [3.05, 3.63) is 81.5 Å². The Morgan fingerprint density at radius 1 is 1.13 bits per heavy atom. The summed E-state index contributed by atoms with van der Waals surface area (Å²) in [7, 11) is 1.77. The molecule has 0 aliphatic carbocycles. The third kappa shape index (κ3) is 5.01. The molecule has 0 radical (unpaired) electrons. The molecule has 2 amide bonds. The number of alkyl halides is 2. The fraction of sp³-hybridized carbons (Fsp3) is 0.269. The summed E-state index contributed by atoms with van der Waals surface area (Å²) in [4.78, 5) is 44.9. The number of amides is 2. The lowest BCUT2D eigenvalue weighted by atomic mass is 9.98. The minimum atomic E-state index is -2.07. The molecule has 196 valence electrons. The predicted octanol–water partition coefficient (Wildman–Crippen LogP) is 2.90. The summed E-state index contributed by atoms with van der Waals surface area (Å²) in [5.41, 5.74) is -0.542. The van der Waals surface area contributed by atoms with Crippen LogP contribution in [-0.4, -0.2) is 61.5 Å². The fourth-order valence-electron chi connectivity index (χ4n) is 4.32. The molecule has 4 aromatic rings. The second-order valence-electron chi connectivity index (χ2n) is 9.33. The van der Waals surface area contributed by atoms with Crippen molar-refractivity contribution in [3.63, 3.8) is 0 Å². The van der Waals surface area contributed by atoms with Crippen LogP contribution in [0.4, 0.5) is 8.78 Å². The SMILES string of the molecule is Cn1cc(-c2cnc3c(c2)cc(C(=O)NCc2ccc(Cl)cc2)c(=O)n3CC(=O)N2CC(F)(CF)C2)cn1. The van der Waals surface area contributed by atoms with Gasteiger partial charge < -0.3 is 10.2 Å². The van der Waals surface area contributed by atoms with Gasteiger partial charge in [0, 0.05) is 47.5 Å². The van der Waals surface area contributed by atoms with Gasteiger partial charge in [-0.05, 0) is 29.8 Å². The largest absolute Gasteiger partial charge is 0.348 e. The molecule has 4 heterocycles. The zero-order valence-electron chi connectivity index (χ0n) is 20.3. The van der Waals surface area contributed by atoms with Crippen molar-refractivity contribution in [1.29, 1.82) is 0 Å². The molecule has 0 atom stereocenters. The molecule has 0 unspecified atom stereocenters. The van der Waals surface area contributed by atoms with Gasteiger partial charge in [-0.3, -0.25) is 23.6 Å². The number of hydrogen-bond acceptors (Lipinski definition) is 5. The Hall–Kier alpha value is -4.12. The molecule has 0 bridgehead atoms. The third-order valence-corrected chi connectivity index (χ3v) is 6.66. The number of carbonyl (C=O) groups excluding carboxylic acids is 2. The first-order valence-electron chi connectivity index (χ1n) is 11.7. The molecule has 0 saturated carbocycles. The zero-order valence-corrected chi connectivity index (χ0v) is 21.1. The fourth-order valence-corrected chi connectivity index (χ4v) is 4.44. The number of likely N-dealkylation sites (tertiary alicyclic amines) is 1. The molecule has 0 spiro atoms. The van der Waals surface area contributed by atoms with E-state index >= 15 is 0 Å². The van der Waals surface area contributed by atoms with Crippen molar-refractivity contribution in [2.45, 2.75) is 18.8 Å². The number of rotatable bonds is 7. The molecule has 1 aliphatic heterocycles. The number of aromatic nitrogens is 4. The maximum atomic E-state index is 14.0. The average Bonchev–Trinajstić information content (AvgIpc) is 3.33. The Labute approximate surface area is 220 Å². The second-order valence-corrected chi connectivity index (χ2v) is 9.77. The molecule has 1 N–H and O–H groups in total. The van der Waals surface area contributed by atoms with E-state index < -0.39 is 49.4 Å². The van der Waals surface area contributed by atoms with Gasteiger partial charge in [-0.25, -0.2) is 13.8 Å². The minimum absolute atomic E-state index is 0.149. The number of nitrogens with one attached hydrogen (secondary N) is 1. The normalized spacial score (nSPS) is 14.4. The molecule has 1 aromatic carbocycles. The highest BCUT2D eigenvalue weighted by Gasteiger charge is 2.46. The lowest BCUT2D eigenvalue weighted by Crippen LogP contribution is -2.62. The highest BCUT2D eigenvalue weighted by atomic mass is 35.5. The highest BCUT2D eigenvalue weighted by Crippen LogP contribution is 2.27. The van der Waals surface area contributed by atoms with E-state index in [-0.39, 0.29) is 17.8 Å². The summed E-state index contributed by atoms with van der Waals surface area (Å²) in [5, 5.41) is 7.87. The van der Waals surface area contributed by atoms with Crippen LogP contribution in [0.15, 0.2) is 59.8 Å². The van der Waals surface area contributed by atoms with Gasteiger partial charge in [0.05, 0.1) is 19.3 Å². The van der Waals surface area contributed by atoms with Gasteiger partial charge in [0.25, 0.3) is 11.5 Å². The number of aryl methyl sites for hydroxylation is 1. The van der Waals surface area contributed by atoms with Gasteiger partial charge >= 0.3 is 0 Å². The smallest absolute Gasteiger partial charge is 0.265 e. The summed E-state index contributed by atoms with van der Waals surface area (Å²) < 4.78 is 29.6. The van der Waals surface area contributed by atoms with Gasteiger partial charge in [0.1, 0.15) is 24.4 Å². The lowest BCUT2D eigenvalue weighted by Gasteiger charge is -2.42. The van der Waals surface area contributed by atoms with Gasteiger partial charge in [-0.2, -0.15) is 5.10 Å². The number of halogens is 3. The van der Waals surface area contributed by atoms with Crippen LogP contribution < -0.4 is 10.9 Å². The molecule has 12 heteroatoms. The number of fused-ring (bicyclic) bond motifs is 1. The first-order valence-corrected chi connectivity index (χ1v) is 12.1. The topological polar surface area (TPSA) is 102 Å². The standard InChI is InChI=1S/C26H23ClF2N6O3/c1-33-11-19(10-32-33)18-6-17-7-21(24(37)31-8-16-2-4-20(27)5-3-16)25(38)35(23(17)30-9-18)12-22(36)34-14-26(29,13-28)15-34/h2-7,9-11H,8,12-15H2,1H3,(H,31,37). The monoisotopic (exact) mass is 540 g/mol. The molecule has 3 aromatic heterocycles. The lowest BCUT2D eigenvalue weighted by molar-refractivity contribution is -0.147. The van der Waals surface area contributed by atoms with Crippen LogP contribution in [0.2, 0.25) is 5.02 Å². The van der Waals surface area contributed by atoms with Gasteiger partial charge in [0.15, 0.2) is 5.67 Å². The van der Waals surface area contributed by atoms with E-state index in [0.717, 1.165) is 20.6 Å². The zero-order chi connectivity index (χ0) is 27.0. The number of hydrogen-bond donors (Lipinski definition) is 1. The molecule has 38 heavy (non-hydrogen) atoms. The van der Waals surface area contributed by atoms with Crippen LogP contribution in [0.3, 0.4) is 0 Å². The van der Waals surface area contributed by atoms with E-state index in [1.807, 2.05) is 0 Å². The molecule has 9 nitrogen and oxygen atoms in total. The van der Waals surface area contributed by atoms with Crippen molar-refractivity contribution in [2.75, 3.05) is 19.8 Å². The molecule has 5 rings (SSSR count). The van der Waals surface area contributed by atoms with E-state index in [4.69, 9.17) is 11.6 Å². The van der Waals surface area contributed by atoms with Gasteiger partial charge in [-0.1, -0.05) is 23.7 Å². The second kappa shape index (κ2) is 9.97.